The smallest absolute Gasteiger partial charge is 0.306 e. The fourth-order valence-corrected chi connectivity index (χ4v) is 1.70. The Kier molecular flexibility index (Phi) is 7.11. The summed E-state index contributed by atoms with van der Waals surface area (Å²) in [6, 6.07) is 0. The molecule has 1 aliphatic heterocycles. The highest BCUT2D eigenvalue weighted by atomic mass is 16.7. The van der Waals surface area contributed by atoms with E-state index < -0.39 is 0 Å². The summed E-state index contributed by atoms with van der Waals surface area (Å²) in [5.74, 6) is 0.0630. The predicted octanol–water partition coefficient (Wildman–Crippen LogP) is 2.26. The van der Waals surface area contributed by atoms with Gasteiger partial charge in [-0.25, -0.2) is 0 Å². The Morgan fingerprint density at radius 3 is 2.60 bits per heavy atom. The lowest BCUT2D eigenvalue weighted by atomic mass is 10.1. The fraction of sp³-hybridized carbons (Fsp3) is 0.923. The number of hydrogen-bond donors (Lipinski definition) is 0. The van der Waals surface area contributed by atoms with Crippen LogP contribution in [-0.2, 0) is 14.4 Å². The summed E-state index contributed by atoms with van der Waals surface area (Å²) in [5, 5.41) is 16.4. The topological polar surface area (TPSA) is 77.2 Å². The van der Waals surface area contributed by atoms with Crippen LogP contribution in [0.1, 0.15) is 46.5 Å². The minimum atomic E-state index is -0.242. The van der Waals surface area contributed by atoms with Crippen molar-refractivity contribution in [3.63, 3.8) is 0 Å². The van der Waals surface area contributed by atoms with Gasteiger partial charge in [0, 0.05) is 6.42 Å². The van der Waals surface area contributed by atoms with E-state index in [-0.39, 0.29) is 25.1 Å². The number of carbonyl (C=O) groups is 1. The average Bonchev–Trinajstić information content (AvgIpc) is 2.91. The van der Waals surface area contributed by atoms with Crippen LogP contribution in [0.2, 0.25) is 0 Å². The maximum atomic E-state index is 11.5. The molecule has 1 atom stereocenters. The summed E-state index contributed by atoms with van der Waals surface area (Å²) >= 11 is 0. The van der Waals surface area contributed by atoms with E-state index in [0.29, 0.717) is 17.3 Å². The van der Waals surface area contributed by atoms with Crippen LogP contribution in [-0.4, -0.2) is 41.7 Å². The molecule has 0 aromatic heterocycles. The summed E-state index contributed by atoms with van der Waals surface area (Å²) in [5.41, 5.74) is 0. The monoisotopic (exact) mass is 287 g/mol. The summed E-state index contributed by atoms with van der Waals surface area (Å²) < 4.78 is 5.22. The molecule has 116 valence electrons. The molecule has 1 aliphatic rings. The van der Waals surface area contributed by atoms with Crippen molar-refractivity contribution in [2.24, 2.45) is 11.2 Å². The molecule has 0 bridgehead atoms. The maximum Gasteiger partial charge on any atom is 0.306 e. The van der Waals surface area contributed by atoms with Crippen molar-refractivity contribution in [1.82, 2.24) is 5.01 Å². The normalized spacial score (nSPS) is 17.4. The molecule has 0 radical (unpaired) electrons. The molecular formula is C13H25N3O4. The minimum Gasteiger partial charge on any atom is -0.569 e. The summed E-state index contributed by atoms with van der Waals surface area (Å²) in [6.07, 6.45) is 2.69. The van der Waals surface area contributed by atoms with E-state index in [1.807, 2.05) is 20.8 Å². The highest BCUT2D eigenvalue weighted by molar-refractivity contribution is 5.69. The highest BCUT2D eigenvalue weighted by Crippen LogP contribution is 2.08. The van der Waals surface area contributed by atoms with Gasteiger partial charge in [-0.2, -0.15) is 0 Å². The molecule has 0 saturated carbocycles. The van der Waals surface area contributed by atoms with Crippen molar-refractivity contribution >= 4 is 5.97 Å². The van der Waals surface area contributed by atoms with Crippen LogP contribution in [0.25, 0.3) is 0 Å². The van der Waals surface area contributed by atoms with E-state index in [0.717, 1.165) is 25.9 Å². The first-order chi connectivity index (χ1) is 9.50. The molecule has 1 heterocycles. The zero-order valence-corrected chi connectivity index (χ0v) is 12.6. The molecule has 0 aliphatic carbocycles. The molecule has 1 rings (SSSR count). The van der Waals surface area contributed by atoms with Crippen LogP contribution in [0.15, 0.2) is 5.28 Å². The van der Waals surface area contributed by atoms with Crippen molar-refractivity contribution < 1.29 is 19.3 Å². The second-order valence-corrected chi connectivity index (χ2v) is 5.37. The van der Waals surface area contributed by atoms with Crippen LogP contribution < -0.4 is 0 Å². The van der Waals surface area contributed by atoms with Crippen molar-refractivity contribution in [3.05, 3.63) is 5.21 Å². The van der Waals surface area contributed by atoms with Gasteiger partial charge < -0.3 is 14.8 Å². The minimum absolute atomic E-state index is 0.0830. The molecule has 0 N–H and O–H groups in total. The first-order valence-electron chi connectivity index (χ1n) is 7.25. The molecule has 0 aromatic carbocycles. The third-order valence-corrected chi connectivity index (χ3v) is 3.32. The third kappa shape index (κ3) is 6.08. The molecule has 20 heavy (non-hydrogen) atoms. The Balaban J connectivity index is 2.09. The summed E-state index contributed by atoms with van der Waals surface area (Å²) in [7, 11) is 0. The van der Waals surface area contributed by atoms with Gasteiger partial charge in [0.1, 0.15) is 12.7 Å². The van der Waals surface area contributed by atoms with Gasteiger partial charge in [0.25, 0.3) is 0 Å². The Morgan fingerprint density at radius 2 is 2.00 bits per heavy atom. The van der Waals surface area contributed by atoms with Gasteiger partial charge in [-0.1, -0.05) is 13.8 Å². The molecule has 0 amide bonds. The van der Waals surface area contributed by atoms with Crippen LogP contribution in [0.3, 0.4) is 0 Å². The first kappa shape index (κ1) is 16.5. The molecule has 1 saturated heterocycles. The van der Waals surface area contributed by atoms with Crippen molar-refractivity contribution in [1.29, 1.82) is 0 Å². The largest absolute Gasteiger partial charge is 0.569 e. The van der Waals surface area contributed by atoms with Crippen LogP contribution in [0.5, 0.6) is 0 Å². The fourth-order valence-electron chi connectivity index (χ4n) is 1.70. The average molecular weight is 287 g/mol. The molecule has 1 unspecified atom stereocenters. The van der Waals surface area contributed by atoms with E-state index in [9.17, 15) is 10.0 Å². The summed E-state index contributed by atoms with van der Waals surface area (Å²) in [4.78, 5) is 16.9. The van der Waals surface area contributed by atoms with Crippen molar-refractivity contribution in [2.45, 2.75) is 52.6 Å². The molecule has 0 spiro atoms. The highest BCUT2D eigenvalue weighted by Gasteiger charge is 2.18. The number of hydrogen-bond acceptors (Lipinski definition) is 5. The van der Waals surface area contributed by atoms with E-state index in [1.54, 1.807) is 5.01 Å². The zero-order valence-electron chi connectivity index (χ0n) is 12.6. The van der Waals surface area contributed by atoms with Crippen LogP contribution in [0, 0.1) is 11.1 Å². The number of ether oxygens (including phenoxy) is 1. The van der Waals surface area contributed by atoms with Gasteiger partial charge in [-0.15, -0.1) is 5.01 Å². The van der Waals surface area contributed by atoms with E-state index in [1.165, 1.54) is 0 Å². The molecule has 7 nitrogen and oxygen atoms in total. The molecule has 1 fully saturated rings. The first-order valence-corrected chi connectivity index (χ1v) is 7.25. The van der Waals surface area contributed by atoms with Crippen LogP contribution in [0.4, 0.5) is 0 Å². The Labute approximate surface area is 120 Å². The second-order valence-electron chi connectivity index (χ2n) is 5.37. The predicted molar refractivity (Wildman–Crippen MR) is 72.4 cm³/mol. The number of nitrogens with zero attached hydrogens (tertiary/aromatic N) is 3. The van der Waals surface area contributed by atoms with Gasteiger partial charge in [0.2, 0.25) is 5.28 Å². The molecule has 7 heteroatoms. The molecular weight excluding hydrogens is 262 g/mol. The van der Waals surface area contributed by atoms with Gasteiger partial charge in [0.15, 0.2) is 0 Å². The Hall–Kier alpha value is -1.53. The lowest BCUT2D eigenvalue weighted by Crippen LogP contribution is -2.27. The Morgan fingerprint density at radius 1 is 1.35 bits per heavy atom. The summed E-state index contributed by atoms with van der Waals surface area (Å²) in [6.45, 7) is 7.55. The zero-order chi connectivity index (χ0) is 15.0. The third-order valence-electron chi connectivity index (χ3n) is 3.32. The number of carbonyl (C=O) groups excluding carboxylic acids is 1. The standard InChI is InChI=1S/C13H25N3O4/c1-11(2)12(3)20-13(17)7-6-10-19-14-16(18)15-8-4-5-9-15/h11-12H,4-10H2,1-3H3/b16-14-. The van der Waals surface area contributed by atoms with Gasteiger partial charge in [-0.05, 0) is 32.1 Å². The van der Waals surface area contributed by atoms with E-state index in [2.05, 4.69) is 5.28 Å². The Bertz CT molecular complexity index is 328. The van der Waals surface area contributed by atoms with Gasteiger partial charge in [-0.3, -0.25) is 4.79 Å². The van der Waals surface area contributed by atoms with E-state index in [4.69, 9.17) is 9.57 Å². The molecule has 0 aromatic rings. The van der Waals surface area contributed by atoms with Gasteiger partial charge in [0.05, 0.1) is 18.1 Å². The lowest BCUT2D eigenvalue weighted by Gasteiger charge is -2.16. The van der Waals surface area contributed by atoms with Crippen LogP contribution >= 0.6 is 0 Å². The van der Waals surface area contributed by atoms with E-state index >= 15 is 0 Å². The SMILES string of the molecule is CC(C)C(C)OC(=O)CCCO/N=[N+](\[O-])N1CCCC1. The van der Waals surface area contributed by atoms with Gasteiger partial charge >= 0.3 is 5.97 Å². The second kappa shape index (κ2) is 8.60. The quantitative estimate of drug-likeness (QED) is 0.225. The number of esters is 1. The number of rotatable bonds is 8. The van der Waals surface area contributed by atoms with Crippen molar-refractivity contribution in [3.8, 4) is 0 Å². The van der Waals surface area contributed by atoms with Crippen molar-refractivity contribution in [2.75, 3.05) is 19.7 Å². The maximum absolute atomic E-state index is 11.5. The number of hydrazine groups is 1. The lowest BCUT2D eigenvalue weighted by molar-refractivity contribution is -0.707.